The molecule has 0 amide bonds. The van der Waals surface area contributed by atoms with Crippen molar-refractivity contribution in [2.75, 3.05) is 0 Å². The van der Waals surface area contributed by atoms with Crippen LogP contribution in [0.3, 0.4) is 0 Å². The molecule has 0 unspecified atom stereocenters. The number of halogens is 4. The molecule has 1 heterocycles. The van der Waals surface area contributed by atoms with Crippen molar-refractivity contribution in [1.29, 1.82) is 0 Å². The van der Waals surface area contributed by atoms with Crippen molar-refractivity contribution >= 4 is 60.6 Å². The van der Waals surface area contributed by atoms with Gasteiger partial charge in [0, 0.05) is 16.0 Å². The SMILES string of the molecule is CC(C)c1nc2ccc(Br)cc2c(=O)n1N=Cc1cc(Cl)c(OCc2ccccc2F)c(Br)c1. The lowest BCUT2D eigenvalue weighted by Gasteiger charge is -2.13. The van der Waals surface area contributed by atoms with Gasteiger partial charge in [0.25, 0.3) is 5.56 Å². The van der Waals surface area contributed by atoms with Crippen LogP contribution < -0.4 is 10.3 Å². The minimum absolute atomic E-state index is 0.0256. The normalized spacial score (nSPS) is 11.6. The maximum absolute atomic E-state index is 13.9. The minimum Gasteiger partial charge on any atom is -0.486 e. The van der Waals surface area contributed by atoms with E-state index in [9.17, 15) is 9.18 Å². The van der Waals surface area contributed by atoms with Gasteiger partial charge in [0.2, 0.25) is 0 Å². The van der Waals surface area contributed by atoms with E-state index in [-0.39, 0.29) is 23.9 Å². The Balaban J connectivity index is 1.66. The Kier molecular flexibility index (Phi) is 7.50. The zero-order chi connectivity index (χ0) is 24.4. The lowest BCUT2D eigenvalue weighted by Crippen LogP contribution is -2.23. The summed E-state index contributed by atoms with van der Waals surface area (Å²) in [7, 11) is 0. The van der Waals surface area contributed by atoms with Crippen molar-refractivity contribution in [1.82, 2.24) is 9.66 Å². The topological polar surface area (TPSA) is 56.5 Å². The summed E-state index contributed by atoms with van der Waals surface area (Å²) in [5, 5.41) is 5.21. The fraction of sp³-hybridized carbons (Fsp3) is 0.160. The summed E-state index contributed by atoms with van der Waals surface area (Å²) in [6, 6.07) is 15.2. The Morgan fingerprint density at radius 2 is 1.94 bits per heavy atom. The van der Waals surface area contributed by atoms with Gasteiger partial charge in [-0.1, -0.05) is 59.6 Å². The van der Waals surface area contributed by atoms with Crippen molar-refractivity contribution in [2.45, 2.75) is 26.4 Å². The summed E-state index contributed by atoms with van der Waals surface area (Å²) >= 11 is 13.3. The standard InChI is InChI=1S/C25H19Br2ClFN3O2/c1-14(2)24-31-22-8-7-17(26)11-18(22)25(33)32(24)30-12-15-9-19(27)23(20(28)10-15)34-13-16-5-3-4-6-21(16)29/h3-12,14H,13H2,1-2H3. The molecule has 0 aliphatic carbocycles. The largest absolute Gasteiger partial charge is 0.486 e. The van der Waals surface area contributed by atoms with Gasteiger partial charge in [0.05, 0.1) is 26.6 Å². The summed E-state index contributed by atoms with van der Waals surface area (Å²) < 4.78 is 22.3. The Labute approximate surface area is 217 Å². The van der Waals surface area contributed by atoms with Crippen LogP contribution in [-0.2, 0) is 6.61 Å². The first kappa shape index (κ1) is 24.6. The van der Waals surface area contributed by atoms with Crippen molar-refractivity contribution in [3.63, 3.8) is 0 Å². The van der Waals surface area contributed by atoms with Crippen molar-refractivity contribution in [2.24, 2.45) is 5.10 Å². The van der Waals surface area contributed by atoms with Gasteiger partial charge in [-0.25, -0.2) is 9.37 Å². The summed E-state index contributed by atoms with van der Waals surface area (Å²) in [4.78, 5) is 17.8. The quantitative estimate of drug-likeness (QED) is 0.216. The number of rotatable bonds is 6. The number of ether oxygens (including phenoxy) is 1. The highest BCUT2D eigenvalue weighted by molar-refractivity contribution is 9.10. The third kappa shape index (κ3) is 5.24. The molecule has 4 aromatic rings. The van der Waals surface area contributed by atoms with Crippen molar-refractivity contribution < 1.29 is 9.13 Å². The number of hydrogen-bond donors (Lipinski definition) is 0. The van der Waals surface area contributed by atoms with E-state index >= 15 is 0 Å². The van der Waals surface area contributed by atoms with E-state index in [1.807, 2.05) is 19.9 Å². The van der Waals surface area contributed by atoms with Gasteiger partial charge in [-0.05, 0) is 57.9 Å². The second kappa shape index (κ2) is 10.4. The average molecular weight is 608 g/mol. The molecule has 1 aromatic heterocycles. The maximum atomic E-state index is 13.9. The molecule has 0 radical (unpaired) electrons. The summed E-state index contributed by atoms with van der Waals surface area (Å²) in [5.41, 5.74) is 1.42. The van der Waals surface area contributed by atoms with Crippen molar-refractivity contribution in [3.05, 3.63) is 102 Å². The third-order valence-electron chi connectivity index (χ3n) is 5.02. The van der Waals surface area contributed by atoms with E-state index in [0.717, 1.165) is 4.47 Å². The van der Waals surface area contributed by atoms with Crippen LogP contribution in [-0.4, -0.2) is 15.9 Å². The molecule has 3 aromatic carbocycles. The molecule has 0 N–H and O–H groups in total. The zero-order valence-electron chi connectivity index (χ0n) is 18.2. The lowest BCUT2D eigenvalue weighted by molar-refractivity contribution is 0.298. The molecular weight excluding hydrogens is 589 g/mol. The molecule has 0 aliphatic heterocycles. The smallest absolute Gasteiger partial charge is 0.282 e. The van der Waals surface area contributed by atoms with Crippen LogP contribution in [0, 0.1) is 5.82 Å². The average Bonchev–Trinajstić information content (AvgIpc) is 2.79. The van der Waals surface area contributed by atoms with Gasteiger partial charge in [-0.3, -0.25) is 4.79 Å². The molecule has 34 heavy (non-hydrogen) atoms. The fourth-order valence-corrected chi connectivity index (χ4v) is 4.68. The molecule has 0 saturated carbocycles. The molecule has 4 rings (SSSR count). The molecular formula is C25H19Br2ClFN3O2. The number of fused-ring (bicyclic) bond motifs is 1. The highest BCUT2D eigenvalue weighted by atomic mass is 79.9. The van der Waals surface area contributed by atoms with Crippen LogP contribution in [0.1, 0.15) is 36.7 Å². The van der Waals surface area contributed by atoms with Gasteiger partial charge in [0.15, 0.2) is 5.75 Å². The third-order valence-corrected chi connectivity index (χ3v) is 6.39. The highest BCUT2D eigenvalue weighted by Gasteiger charge is 2.15. The Morgan fingerprint density at radius 3 is 2.65 bits per heavy atom. The van der Waals surface area contributed by atoms with Crippen LogP contribution >= 0.6 is 43.5 Å². The first-order chi connectivity index (χ1) is 16.2. The summed E-state index contributed by atoms with van der Waals surface area (Å²) in [6.07, 6.45) is 1.54. The number of nitrogens with zero attached hydrogens (tertiary/aromatic N) is 3. The predicted octanol–water partition coefficient (Wildman–Crippen LogP) is 7.30. The molecule has 5 nitrogen and oxygen atoms in total. The zero-order valence-corrected chi connectivity index (χ0v) is 22.2. The van der Waals surface area contributed by atoms with Crippen molar-refractivity contribution in [3.8, 4) is 5.75 Å². The van der Waals surface area contributed by atoms with E-state index < -0.39 is 0 Å². The van der Waals surface area contributed by atoms with Crippen LogP contribution in [0.4, 0.5) is 4.39 Å². The monoisotopic (exact) mass is 605 g/mol. The molecule has 9 heteroatoms. The Hall–Kier alpha value is -2.55. The molecule has 0 spiro atoms. The number of hydrogen-bond acceptors (Lipinski definition) is 4. The van der Waals surface area contributed by atoms with Crippen LogP contribution in [0.5, 0.6) is 5.75 Å². The Morgan fingerprint density at radius 1 is 1.18 bits per heavy atom. The van der Waals surface area contributed by atoms with Gasteiger partial charge in [-0.2, -0.15) is 9.78 Å². The van der Waals surface area contributed by atoms with Gasteiger partial charge < -0.3 is 4.74 Å². The van der Waals surface area contributed by atoms with E-state index in [1.54, 1.807) is 42.5 Å². The van der Waals surface area contributed by atoms with Crippen LogP contribution in [0.25, 0.3) is 10.9 Å². The predicted molar refractivity (Wildman–Crippen MR) is 141 cm³/mol. The lowest BCUT2D eigenvalue weighted by atomic mass is 10.2. The van der Waals surface area contributed by atoms with Gasteiger partial charge >= 0.3 is 0 Å². The summed E-state index contributed by atoms with van der Waals surface area (Å²) in [5.74, 6) is 0.564. The summed E-state index contributed by atoms with van der Waals surface area (Å²) in [6.45, 7) is 3.94. The maximum Gasteiger partial charge on any atom is 0.282 e. The second-order valence-electron chi connectivity index (χ2n) is 7.84. The number of aromatic nitrogens is 2. The number of benzene rings is 3. The molecule has 0 saturated heterocycles. The minimum atomic E-state index is -0.346. The first-order valence-electron chi connectivity index (χ1n) is 10.4. The Bertz CT molecular complexity index is 1450. The van der Waals surface area contributed by atoms with E-state index in [2.05, 4.69) is 41.9 Å². The van der Waals surface area contributed by atoms with E-state index in [4.69, 9.17) is 16.3 Å². The molecule has 0 bridgehead atoms. The van der Waals surface area contributed by atoms with E-state index in [1.165, 1.54) is 17.0 Å². The second-order valence-corrected chi connectivity index (χ2v) is 10.0. The molecule has 0 aliphatic rings. The highest BCUT2D eigenvalue weighted by Crippen LogP contribution is 2.35. The van der Waals surface area contributed by atoms with Gasteiger partial charge in [-0.15, -0.1) is 0 Å². The molecule has 174 valence electrons. The fourth-order valence-electron chi connectivity index (χ4n) is 3.33. The first-order valence-corrected chi connectivity index (χ1v) is 12.3. The molecule has 0 fully saturated rings. The molecule has 0 atom stereocenters. The van der Waals surface area contributed by atoms with E-state index in [0.29, 0.717) is 43.1 Å². The van der Waals surface area contributed by atoms with Gasteiger partial charge in [0.1, 0.15) is 18.2 Å². The van der Waals surface area contributed by atoms with Crippen LogP contribution in [0.15, 0.2) is 73.4 Å². The van der Waals surface area contributed by atoms with Crippen LogP contribution in [0.2, 0.25) is 5.02 Å².